The standard InChI is InChI=1S/C19H17ClN6O3S/c1-9(28-3)15-14(7-22-18-17(15)24-10(2)30-18)26-19(27)25-12-4-13(20)16(21-6-12)11-5-23-29-8-11/h4-9H,1-3H3,(H2,25,26,27)/t9-/m0/s1. The number of rotatable bonds is 5. The van der Waals surface area contributed by atoms with E-state index in [1.54, 1.807) is 19.4 Å². The molecule has 2 N–H and O–H groups in total. The molecular formula is C19H17ClN6O3S. The van der Waals surface area contributed by atoms with Crippen LogP contribution in [0.4, 0.5) is 16.2 Å². The lowest BCUT2D eigenvalue weighted by molar-refractivity contribution is 0.121. The highest BCUT2D eigenvalue weighted by Gasteiger charge is 2.20. The smallest absolute Gasteiger partial charge is 0.323 e. The van der Waals surface area contributed by atoms with Crippen molar-refractivity contribution in [3.05, 3.63) is 46.5 Å². The second-order valence-corrected chi connectivity index (χ2v) is 7.99. The average Bonchev–Trinajstić information content (AvgIpc) is 3.36. The summed E-state index contributed by atoms with van der Waals surface area (Å²) >= 11 is 7.77. The molecule has 2 amide bonds. The molecule has 0 unspecified atom stereocenters. The Labute approximate surface area is 180 Å². The van der Waals surface area contributed by atoms with Crippen LogP contribution in [-0.2, 0) is 4.74 Å². The Morgan fingerprint density at radius 2 is 2.10 bits per heavy atom. The second kappa shape index (κ2) is 8.34. The van der Waals surface area contributed by atoms with Crippen LogP contribution in [0.2, 0.25) is 5.02 Å². The van der Waals surface area contributed by atoms with E-state index in [0.717, 1.165) is 15.4 Å². The fourth-order valence-corrected chi connectivity index (χ4v) is 4.00. The topological polar surface area (TPSA) is 115 Å². The maximum absolute atomic E-state index is 12.6. The van der Waals surface area contributed by atoms with E-state index in [-0.39, 0.29) is 6.10 Å². The summed E-state index contributed by atoms with van der Waals surface area (Å²) in [4.78, 5) is 26.6. The van der Waals surface area contributed by atoms with Crippen molar-refractivity contribution in [2.45, 2.75) is 20.0 Å². The summed E-state index contributed by atoms with van der Waals surface area (Å²) < 4.78 is 10.3. The molecule has 0 aliphatic heterocycles. The number of nitrogens with zero attached hydrogens (tertiary/aromatic N) is 4. The lowest BCUT2D eigenvalue weighted by Gasteiger charge is -2.16. The third-order valence-electron chi connectivity index (χ3n) is 4.39. The molecule has 9 nitrogen and oxygen atoms in total. The van der Waals surface area contributed by atoms with Gasteiger partial charge in [-0.05, 0) is 19.9 Å². The van der Waals surface area contributed by atoms with E-state index >= 15 is 0 Å². The van der Waals surface area contributed by atoms with Gasteiger partial charge in [-0.25, -0.2) is 14.8 Å². The minimum absolute atomic E-state index is 0.286. The van der Waals surface area contributed by atoms with Crippen molar-refractivity contribution in [2.24, 2.45) is 0 Å². The lowest BCUT2D eigenvalue weighted by atomic mass is 10.1. The highest BCUT2D eigenvalue weighted by atomic mass is 35.5. The summed E-state index contributed by atoms with van der Waals surface area (Å²) in [6, 6.07) is 1.13. The first kappa shape index (κ1) is 20.2. The predicted molar refractivity (Wildman–Crippen MR) is 115 cm³/mol. The molecule has 30 heavy (non-hydrogen) atoms. The van der Waals surface area contributed by atoms with Crippen LogP contribution >= 0.6 is 22.9 Å². The van der Waals surface area contributed by atoms with Crippen molar-refractivity contribution >= 4 is 50.7 Å². The van der Waals surface area contributed by atoms with Gasteiger partial charge in [0.1, 0.15) is 16.6 Å². The molecule has 0 fully saturated rings. The summed E-state index contributed by atoms with van der Waals surface area (Å²) in [5.41, 5.74) is 3.58. The van der Waals surface area contributed by atoms with Gasteiger partial charge in [0.25, 0.3) is 0 Å². The molecule has 0 aromatic carbocycles. The van der Waals surface area contributed by atoms with Gasteiger partial charge in [0, 0.05) is 12.7 Å². The minimum Gasteiger partial charge on any atom is -0.377 e. The van der Waals surface area contributed by atoms with Crippen LogP contribution in [0.3, 0.4) is 0 Å². The summed E-state index contributed by atoms with van der Waals surface area (Å²) in [5, 5.41) is 10.4. The number of thiazole rings is 1. The number of carbonyl (C=O) groups excluding carboxylic acids is 1. The van der Waals surface area contributed by atoms with Crippen molar-refractivity contribution in [3.8, 4) is 11.3 Å². The molecule has 4 heterocycles. The Morgan fingerprint density at radius 3 is 2.80 bits per heavy atom. The number of nitrogens with one attached hydrogen (secondary N) is 2. The quantitative estimate of drug-likeness (QED) is 0.442. The molecule has 4 rings (SSSR count). The third kappa shape index (κ3) is 3.97. The Balaban J connectivity index is 1.57. The van der Waals surface area contributed by atoms with E-state index in [4.69, 9.17) is 20.9 Å². The molecular weight excluding hydrogens is 428 g/mol. The number of aromatic nitrogens is 4. The molecule has 0 radical (unpaired) electrons. The van der Waals surface area contributed by atoms with Gasteiger partial charge in [-0.2, -0.15) is 0 Å². The van der Waals surface area contributed by atoms with E-state index in [2.05, 4.69) is 30.7 Å². The van der Waals surface area contributed by atoms with Gasteiger partial charge < -0.3 is 19.9 Å². The van der Waals surface area contributed by atoms with Gasteiger partial charge in [0.05, 0.1) is 57.4 Å². The van der Waals surface area contributed by atoms with Crippen LogP contribution in [0.25, 0.3) is 21.6 Å². The van der Waals surface area contributed by atoms with Crippen LogP contribution in [0.5, 0.6) is 0 Å². The molecule has 1 atom stereocenters. The summed E-state index contributed by atoms with van der Waals surface area (Å²) in [5.74, 6) is 0. The Morgan fingerprint density at radius 1 is 1.27 bits per heavy atom. The van der Waals surface area contributed by atoms with Crippen LogP contribution < -0.4 is 10.6 Å². The van der Waals surface area contributed by atoms with Crippen molar-refractivity contribution in [1.82, 2.24) is 20.1 Å². The van der Waals surface area contributed by atoms with Crippen molar-refractivity contribution in [3.63, 3.8) is 0 Å². The highest BCUT2D eigenvalue weighted by molar-refractivity contribution is 7.18. The Kier molecular flexibility index (Phi) is 5.62. The molecule has 0 spiro atoms. The number of ether oxygens (including phenoxy) is 1. The SMILES string of the molecule is CO[C@@H](C)c1c(NC(=O)Nc2cnc(-c3cnoc3)c(Cl)c2)cnc2sc(C)nc12. The molecule has 4 aromatic rings. The van der Waals surface area contributed by atoms with Gasteiger partial charge in [-0.15, -0.1) is 0 Å². The molecule has 154 valence electrons. The zero-order chi connectivity index (χ0) is 21.3. The number of methoxy groups -OCH3 is 1. The normalized spacial score (nSPS) is 12.1. The first-order valence-corrected chi connectivity index (χ1v) is 10.1. The number of fused-ring (bicyclic) bond motifs is 1. The maximum atomic E-state index is 12.6. The minimum atomic E-state index is -0.469. The number of halogens is 1. The summed E-state index contributed by atoms with van der Waals surface area (Å²) in [6.07, 6.45) is 5.76. The van der Waals surface area contributed by atoms with Gasteiger partial charge >= 0.3 is 6.03 Å². The molecule has 0 saturated heterocycles. The predicted octanol–water partition coefficient (Wildman–Crippen LogP) is 5.05. The van der Waals surface area contributed by atoms with Gasteiger partial charge in [-0.3, -0.25) is 4.98 Å². The number of hydrogen-bond acceptors (Lipinski definition) is 8. The van der Waals surface area contributed by atoms with Gasteiger partial charge in [0.2, 0.25) is 0 Å². The highest BCUT2D eigenvalue weighted by Crippen LogP contribution is 2.34. The Bertz CT molecular complexity index is 1210. The number of urea groups is 1. The third-order valence-corrected chi connectivity index (χ3v) is 5.55. The number of carbonyl (C=O) groups is 1. The molecule has 0 saturated carbocycles. The summed E-state index contributed by atoms with van der Waals surface area (Å²) in [7, 11) is 1.60. The van der Waals surface area contributed by atoms with Crippen LogP contribution in [-0.4, -0.2) is 33.2 Å². The monoisotopic (exact) mass is 444 g/mol. The van der Waals surface area contributed by atoms with E-state index in [1.165, 1.54) is 30.0 Å². The first-order chi connectivity index (χ1) is 14.5. The second-order valence-electron chi connectivity index (χ2n) is 6.40. The van der Waals surface area contributed by atoms with Crippen LogP contribution in [0.15, 0.2) is 35.4 Å². The number of aryl methyl sites for hydroxylation is 1. The molecule has 0 aliphatic carbocycles. The van der Waals surface area contributed by atoms with Crippen LogP contribution in [0, 0.1) is 6.92 Å². The number of anilines is 2. The Hall–Kier alpha value is -3.08. The van der Waals surface area contributed by atoms with Crippen LogP contribution in [0.1, 0.15) is 23.6 Å². The van der Waals surface area contributed by atoms with Crippen molar-refractivity contribution in [2.75, 3.05) is 17.7 Å². The fourth-order valence-electron chi connectivity index (χ4n) is 2.95. The zero-order valence-electron chi connectivity index (χ0n) is 16.3. The van der Waals surface area contributed by atoms with Crippen molar-refractivity contribution in [1.29, 1.82) is 0 Å². The average molecular weight is 445 g/mol. The van der Waals surface area contributed by atoms with E-state index < -0.39 is 6.03 Å². The number of pyridine rings is 2. The maximum Gasteiger partial charge on any atom is 0.323 e. The fraction of sp³-hybridized carbons (Fsp3) is 0.211. The number of amides is 2. The summed E-state index contributed by atoms with van der Waals surface area (Å²) in [6.45, 7) is 3.80. The van der Waals surface area contributed by atoms with Gasteiger partial charge in [0.15, 0.2) is 0 Å². The van der Waals surface area contributed by atoms with E-state index in [9.17, 15) is 4.79 Å². The lowest BCUT2D eigenvalue weighted by Crippen LogP contribution is -2.21. The van der Waals surface area contributed by atoms with Gasteiger partial charge in [-0.1, -0.05) is 28.1 Å². The largest absolute Gasteiger partial charge is 0.377 e. The zero-order valence-corrected chi connectivity index (χ0v) is 17.8. The van der Waals surface area contributed by atoms with Crippen molar-refractivity contribution < 1.29 is 14.1 Å². The van der Waals surface area contributed by atoms with E-state index in [0.29, 0.717) is 33.2 Å². The molecule has 4 aromatic heterocycles. The molecule has 0 bridgehead atoms. The van der Waals surface area contributed by atoms with E-state index in [1.807, 2.05) is 13.8 Å². The first-order valence-electron chi connectivity index (χ1n) is 8.88. The molecule has 0 aliphatic rings. The molecule has 11 heteroatoms. The number of hydrogen-bond donors (Lipinski definition) is 2.